The van der Waals surface area contributed by atoms with Crippen molar-refractivity contribution in [1.82, 2.24) is 5.32 Å². The Morgan fingerprint density at radius 3 is 2.78 bits per heavy atom. The first-order chi connectivity index (χ1) is 8.74. The second-order valence-corrected chi connectivity index (χ2v) is 3.47. The molecule has 0 radical (unpaired) electrons. The number of hydrogen-bond acceptors (Lipinski definition) is 5. The van der Waals surface area contributed by atoms with Crippen LogP contribution in [0.25, 0.3) is 0 Å². The number of carbonyl (C=O) groups is 1. The van der Waals surface area contributed by atoms with E-state index in [1.807, 2.05) is 0 Å². The zero-order chi connectivity index (χ0) is 13.4. The number of aldehydes is 1. The van der Waals surface area contributed by atoms with Crippen LogP contribution in [0.1, 0.15) is 10.4 Å². The molecule has 1 aromatic carbocycles. The minimum absolute atomic E-state index is 0.251. The van der Waals surface area contributed by atoms with Crippen molar-refractivity contribution in [1.29, 1.82) is 5.41 Å². The number of carbonyl (C=O) groups excluding carboxylic acids is 1. The highest BCUT2D eigenvalue weighted by molar-refractivity contribution is 5.77. The molecule has 0 aliphatic heterocycles. The van der Waals surface area contributed by atoms with E-state index in [-0.39, 0.29) is 6.61 Å². The Kier molecular flexibility index (Phi) is 5.44. The van der Waals surface area contributed by atoms with Crippen molar-refractivity contribution in [2.75, 3.05) is 20.8 Å². The molecule has 1 rings (SSSR count). The largest absolute Gasteiger partial charge is 0.493 e. The maximum atomic E-state index is 10.6. The van der Waals surface area contributed by atoms with E-state index in [9.17, 15) is 4.79 Å². The highest BCUT2D eigenvalue weighted by atomic mass is 16.5. The van der Waals surface area contributed by atoms with Gasteiger partial charge in [-0.3, -0.25) is 4.79 Å². The molecule has 0 saturated heterocycles. The second-order valence-electron chi connectivity index (χ2n) is 3.47. The lowest BCUT2D eigenvalue weighted by Gasteiger charge is -2.11. The second kappa shape index (κ2) is 7.11. The Morgan fingerprint density at radius 2 is 2.22 bits per heavy atom. The molecule has 96 valence electrons. The van der Waals surface area contributed by atoms with Crippen LogP contribution in [-0.4, -0.2) is 33.3 Å². The summed E-state index contributed by atoms with van der Waals surface area (Å²) in [6.07, 6.45) is 3.64. The summed E-state index contributed by atoms with van der Waals surface area (Å²) in [5.74, 6) is 1.03. The molecule has 0 aliphatic rings. The van der Waals surface area contributed by atoms with Crippen LogP contribution >= 0.6 is 0 Å². The lowest BCUT2D eigenvalue weighted by atomic mass is 10.2. The van der Waals surface area contributed by atoms with Crippen molar-refractivity contribution in [3.05, 3.63) is 35.5 Å². The average molecular weight is 248 g/mol. The van der Waals surface area contributed by atoms with Crippen molar-refractivity contribution in [3.8, 4) is 11.5 Å². The third-order valence-electron chi connectivity index (χ3n) is 2.23. The van der Waals surface area contributed by atoms with Crippen molar-refractivity contribution in [2.24, 2.45) is 0 Å². The maximum absolute atomic E-state index is 10.6. The number of nitrogens with one attached hydrogen (secondary N) is 2. The lowest BCUT2D eigenvalue weighted by molar-refractivity contribution is 0.112. The Morgan fingerprint density at radius 1 is 1.44 bits per heavy atom. The van der Waals surface area contributed by atoms with Gasteiger partial charge in [-0.2, -0.15) is 0 Å². The molecular formula is C13H16N2O3. The van der Waals surface area contributed by atoms with Gasteiger partial charge in [-0.1, -0.05) is 0 Å². The van der Waals surface area contributed by atoms with Gasteiger partial charge in [0.05, 0.1) is 7.11 Å². The normalized spacial score (nSPS) is 10.7. The number of hydrogen-bond donors (Lipinski definition) is 2. The zero-order valence-electron chi connectivity index (χ0n) is 10.4. The molecule has 0 saturated carbocycles. The van der Waals surface area contributed by atoms with Crippen LogP contribution in [0.15, 0.2) is 30.0 Å². The Hall–Kier alpha value is -2.30. The lowest BCUT2D eigenvalue weighted by Crippen LogP contribution is -2.07. The fraction of sp³-hybridized carbons (Fsp3) is 0.231. The maximum Gasteiger partial charge on any atom is 0.161 e. The molecule has 0 fully saturated rings. The minimum atomic E-state index is 0.251. The van der Waals surface area contributed by atoms with Crippen LogP contribution < -0.4 is 14.8 Å². The first-order valence-corrected chi connectivity index (χ1v) is 5.38. The van der Waals surface area contributed by atoms with Gasteiger partial charge in [0.2, 0.25) is 0 Å². The standard InChI is InChI=1S/C13H16N2O3/c1-15-7-11(6-14)9-18-12-4-3-10(8-16)5-13(12)17-2/h3-8,14-15H,9H2,1-2H3/b11-7+,14-6?. The third-order valence-corrected chi connectivity index (χ3v) is 2.23. The Labute approximate surface area is 106 Å². The van der Waals surface area contributed by atoms with E-state index in [0.29, 0.717) is 22.6 Å². The number of rotatable bonds is 7. The minimum Gasteiger partial charge on any atom is -0.493 e. The van der Waals surface area contributed by atoms with Gasteiger partial charge in [0.1, 0.15) is 12.9 Å². The fourth-order valence-electron chi connectivity index (χ4n) is 1.35. The van der Waals surface area contributed by atoms with E-state index in [4.69, 9.17) is 14.9 Å². The number of ether oxygens (including phenoxy) is 2. The van der Waals surface area contributed by atoms with Crippen LogP contribution in [0, 0.1) is 5.41 Å². The van der Waals surface area contributed by atoms with Crippen molar-refractivity contribution in [3.63, 3.8) is 0 Å². The summed E-state index contributed by atoms with van der Waals surface area (Å²) < 4.78 is 10.7. The van der Waals surface area contributed by atoms with E-state index in [1.165, 1.54) is 13.3 Å². The number of methoxy groups -OCH3 is 1. The molecule has 0 aromatic heterocycles. The van der Waals surface area contributed by atoms with Crippen molar-refractivity contribution < 1.29 is 14.3 Å². The van der Waals surface area contributed by atoms with Crippen LogP contribution in [0.3, 0.4) is 0 Å². The van der Waals surface area contributed by atoms with E-state index in [1.54, 1.807) is 31.4 Å². The summed E-state index contributed by atoms with van der Waals surface area (Å²) in [5.41, 5.74) is 1.22. The van der Waals surface area contributed by atoms with Crippen molar-refractivity contribution in [2.45, 2.75) is 0 Å². The predicted molar refractivity (Wildman–Crippen MR) is 69.8 cm³/mol. The molecule has 0 aliphatic carbocycles. The zero-order valence-corrected chi connectivity index (χ0v) is 10.4. The van der Waals surface area contributed by atoms with Gasteiger partial charge in [-0.05, 0) is 18.2 Å². The van der Waals surface area contributed by atoms with Crippen LogP contribution in [0.5, 0.6) is 11.5 Å². The summed E-state index contributed by atoms with van der Waals surface area (Å²) >= 11 is 0. The summed E-state index contributed by atoms with van der Waals surface area (Å²) in [7, 11) is 3.26. The Bertz CT molecular complexity index is 456. The first kappa shape index (κ1) is 13.8. The third kappa shape index (κ3) is 3.62. The molecular weight excluding hydrogens is 232 g/mol. The van der Waals surface area contributed by atoms with E-state index < -0.39 is 0 Å². The van der Waals surface area contributed by atoms with E-state index >= 15 is 0 Å². The molecule has 5 nitrogen and oxygen atoms in total. The fourth-order valence-corrected chi connectivity index (χ4v) is 1.35. The molecule has 0 spiro atoms. The molecule has 0 amide bonds. The summed E-state index contributed by atoms with van der Waals surface area (Å²) in [6.45, 7) is 0.251. The summed E-state index contributed by atoms with van der Waals surface area (Å²) in [5, 5.41) is 10.0. The smallest absolute Gasteiger partial charge is 0.161 e. The first-order valence-electron chi connectivity index (χ1n) is 5.38. The van der Waals surface area contributed by atoms with Gasteiger partial charge < -0.3 is 20.2 Å². The summed E-state index contributed by atoms with van der Waals surface area (Å²) in [6, 6.07) is 4.93. The van der Waals surface area contributed by atoms with Gasteiger partial charge in [0, 0.05) is 30.6 Å². The van der Waals surface area contributed by atoms with Gasteiger partial charge in [0.25, 0.3) is 0 Å². The topological polar surface area (TPSA) is 71.4 Å². The average Bonchev–Trinajstić information content (AvgIpc) is 2.43. The van der Waals surface area contributed by atoms with Crippen molar-refractivity contribution >= 4 is 12.5 Å². The molecule has 18 heavy (non-hydrogen) atoms. The molecule has 0 heterocycles. The van der Waals surface area contributed by atoms with Crippen LogP contribution in [0.2, 0.25) is 0 Å². The SMILES string of the molecule is CN/C=C(\C=N)COc1ccc(C=O)cc1OC. The molecule has 2 N–H and O–H groups in total. The molecule has 0 atom stereocenters. The quantitative estimate of drug-likeness (QED) is 0.568. The number of benzene rings is 1. The van der Waals surface area contributed by atoms with Crippen LogP contribution in [-0.2, 0) is 0 Å². The van der Waals surface area contributed by atoms with Gasteiger partial charge in [-0.15, -0.1) is 0 Å². The molecule has 1 aromatic rings. The summed E-state index contributed by atoms with van der Waals surface area (Å²) in [4.78, 5) is 10.6. The highest BCUT2D eigenvalue weighted by Crippen LogP contribution is 2.27. The molecule has 0 bridgehead atoms. The van der Waals surface area contributed by atoms with E-state index in [2.05, 4.69) is 5.32 Å². The van der Waals surface area contributed by atoms with Gasteiger partial charge in [0.15, 0.2) is 11.5 Å². The molecule has 0 unspecified atom stereocenters. The molecule has 5 heteroatoms. The van der Waals surface area contributed by atoms with Gasteiger partial charge >= 0.3 is 0 Å². The Balaban J connectivity index is 2.81. The monoisotopic (exact) mass is 248 g/mol. The predicted octanol–water partition coefficient (Wildman–Crippen LogP) is 1.64. The van der Waals surface area contributed by atoms with E-state index in [0.717, 1.165) is 6.29 Å². The highest BCUT2D eigenvalue weighted by Gasteiger charge is 2.06. The van der Waals surface area contributed by atoms with Crippen LogP contribution in [0.4, 0.5) is 0 Å². The van der Waals surface area contributed by atoms with Gasteiger partial charge in [-0.25, -0.2) is 0 Å².